The Hall–Kier alpha value is -1.22. The summed E-state index contributed by atoms with van der Waals surface area (Å²) in [4.78, 5) is 2.45. The van der Waals surface area contributed by atoms with Gasteiger partial charge in [-0.15, -0.1) is 0 Å². The summed E-state index contributed by atoms with van der Waals surface area (Å²) in [6.45, 7) is 8.80. The summed E-state index contributed by atoms with van der Waals surface area (Å²) >= 11 is 0. The average Bonchev–Trinajstić information content (AvgIpc) is 2.30. The van der Waals surface area contributed by atoms with Gasteiger partial charge in [-0.3, -0.25) is 0 Å². The van der Waals surface area contributed by atoms with Gasteiger partial charge in [0.2, 0.25) is 0 Å². The molecule has 0 aliphatic heterocycles. The summed E-state index contributed by atoms with van der Waals surface area (Å²) in [5.74, 6) is 0. The minimum Gasteiger partial charge on any atom is -0.399 e. The SMILES string of the molecule is CCCN(CC)CCNc1ccc(N)cc1. The summed E-state index contributed by atoms with van der Waals surface area (Å²) in [6, 6.07) is 7.88. The third-order valence-electron chi connectivity index (χ3n) is 2.65. The number of hydrogen-bond acceptors (Lipinski definition) is 3. The van der Waals surface area contributed by atoms with Crippen LogP contribution in [0.4, 0.5) is 11.4 Å². The van der Waals surface area contributed by atoms with Crippen molar-refractivity contribution in [3.05, 3.63) is 24.3 Å². The Morgan fingerprint density at radius 3 is 2.38 bits per heavy atom. The van der Waals surface area contributed by atoms with E-state index in [4.69, 9.17) is 5.73 Å². The van der Waals surface area contributed by atoms with Crippen LogP contribution in [0.15, 0.2) is 24.3 Å². The van der Waals surface area contributed by atoms with Crippen LogP contribution < -0.4 is 11.1 Å². The molecule has 16 heavy (non-hydrogen) atoms. The van der Waals surface area contributed by atoms with Gasteiger partial charge in [0.15, 0.2) is 0 Å². The third kappa shape index (κ3) is 4.53. The Bertz CT molecular complexity index is 282. The van der Waals surface area contributed by atoms with Gasteiger partial charge in [0.05, 0.1) is 0 Å². The van der Waals surface area contributed by atoms with E-state index in [2.05, 4.69) is 24.1 Å². The lowest BCUT2D eigenvalue weighted by Gasteiger charge is -2.19. The Morgan fingerprint density at radius 2 is 1.81 bits per heavy atom. The van der Waals surface area contributed by atoms with Gasteiger partial charge < -0.3 is 16.0 Å². The zero-order chi connectivity index (χ0) is 11.8. The van der Waals surface area contributed by atoms with Crippen molar-refractivity contribution in [1.82, 2.24) is 4.90 Å². The van der Waals surface area contributed by atoms with Crippen LogP contribution in [0.5, 0.6) is 0 Å². The minimum atomic E-state index is 0.812. The smallest absolute Gasteiger partial charge is 0.0342 e. The molecule has 3 heteroatoms. The highest BCUT2D eigenvalue weighted by Gasteiger charge is 1.99. The molecule has 0 aromatic heterocycles. The van der Waals surface area contributed by atoms with Gasteiger partial charge in [-0.25, -0.2) is 0 Å². The summed E-state index contributed by atoms with van der Waals surface area (Å²) in [5.41, 5.74) is 7.58. The van der Waals surface area contributed by atoms with E-state index in [0.717, 1.165) is 31.0 Å². The second-order valence-electron chi connectivity index (χ2n) is 3.98. The number of rotatable bonds is 7. The van der Waals surface area contributed by atoms with Gasteiger partial charge in [0, 0.05) is 24.5 Å². The fourth-order valence-corrected chi connectivity index (χ4v) is 1.70. The number of nitrogens with one attached hydrogen (secondary N) is 1. The number of likely N-dealkylation sites (N-methyl/N-ethyl adjacent to an activating group) is 1. The Morgan fingerprint density at radius 1 is 1.12 bits per heavy atom. The fraction of sp³-hybridized carbons (Fsp3) is 0.538. The third-order valence-corrected chi connectivity index (χ3v) is 2.65. The van der Waals surface area contributed by atoms with Crippen LogP contribution in [-0.4, -0.2) is 31.1 Å². The van der Waals surface area contributed by atoms with Crippen LogP contribution in [0.1, 0.15) is 20.3 Å². The molecule has 1 aromatic carbocycles. The van der Waals surface area contributed by atoms with E-state index < -0.39 is 0 Å². The number of hydrogen-bond donors (Lipinski definition) is 2. The molecule has 0 saturated heterocycles. The zero-order valence-electron chi connectivity index (χ0n) is 10.4. The van der Waals surface area contributed by atoms with Gasteiger partial charge in [0.1, 0.15) is 0 Å². The highest BCUT2D eigenvalue weighted by Crippen LogP contribution is 2.09. The highest BCUT2D eigenvalue weighted by molar-refractivity contribution is 5.51. The van der Waals surface area contributed by atoms with E-state index >= 15 is 0 Å². The lowest BCUT2D eigenvalue weighted by atomic mass is 10.3. The molecule has 90 valence electrons. The van der Waals surface area contributed by atoms with E-state index in [-0.39, 0.29) is 0 Å². The molecular weight excluding hydrogens is 198 g/mol. The van der Waals surface area contributed by atoms with Gasteiger partial charge >= 0.3 is 0 Å². The largest absolute Gasteiger partial charge is 0.399 e. The van der Waals surface area contributed by atoms with Crippen molar-refractivity contribution in [3.63, 3.8) is 0 Å². The molecule has 0 unspecified atom stereocenters. The van der Waals surface area contributed by atoms with Gasteiger partial charge in [-0.2, -0.15) is 0 Å². The number of nitrogens with two attached hydrogens (primary N) is 1. The first kappa shape index (κ1) is 12.8. The molecule has 0 amide bonds. The lowest BCUT2D eigenvalue weighted by Crippen LogP contribution is -2.29. The zero-order valence-corrected chi connectivity index (χ0v) is 10.4. The first-order valence-electron chi connectivity index (χ1n) is 6.08. The molecule has 0 fully saturated rings. The summed E-state index contributed by atoms with van der Waals surface area (Å²) in [7, 11) is 0. The molecule has 1 aromatic rings. The number of nitrogen functional groups attached to an aromatic ring is 1. The molecule has 0 radical (unpaired) electrons. The van der Waals surface area contributed by atoms with Crippen molar-refractivity contribution in [3.8, 4) is 0 Å². The fourth-order valence-electron chi connectivity index (χ4n) is 1.70. The maximum Gasteiger partial charge on any atom is 0.0342 e. The number of anilines is 2. The van der Waals surface area contributed by atoms with Gasteiger partial charge in [-0.05, 0) is 43.8 Å². The average molecular weight is 221 g/mol. The molecule has 3 nitrogen and oxygen atoms in total. The molecule has 0 saturated carbocycles. The molecule has 0 bridgehead atoms. The monoisotopic (exact) mass is 221 g/mol. The predicted molar refractivity (Wildman–Crippen MR) is 71.7 cm³/mol. The van der Waals surface area contributed by atoms with Crippen LogP contribution in [-0.2, 0) is 0 Å². The lowest BCUT2D eigenvalue weighted by molar-refractivity contribution is 0.300. The first-order valence-corrected chi connectivity index (χ1v) is 6.08. The highest BCUT2D eigenvalue weighted by atomic mass is 15.1. The maximum absolute atomic E-state index is 5.63. The topological polar surface area (TPSA) is 41.3 Å². The predicted octanol–water partition coefficient (Wildman–Crippen LogP) is 2.41. The van der Waals surface area contributed by atoms with Gasteiger partial charge in [0.25, 0.3) is 0 Å². The van der Waals surface area contributed by atoms with Crippen LogP contribution in [0.25, 0.3) is 0 Å². The quantitative estimate of drug-likeness (QED) is 0.695. The summed E-state index contributed by atoms with van der Waals surface area (Å²) in [6.07, 6.45) is 1.22. The molecule has 1 rings (SSSR count). The van der Waals surface area contributed by atoms with Crippen LogP contribution in [0.2, 0.25) is 0 Å². The second-order valence-corrected chi connectivity index (χ2v) is 3.98. The molecule has 0 heterocycles. The van der Waals surface area contributed by atoms with Crippen LogP contribution >= 0.6 is 0 Å². The van der Waals surface area contributed by atoms with Crippen LogP contribution in [0.3, 0.4) is 0 Å². The van der Waals surface area contributed by atoms with Crippen molar-refractivity contribution >= 4 is 11.4 Å². The number of benzene rings is 1. The van der Waals surface area contributed by atoms with Gasteiger partial charge in [-0.1, -0.05) is 13.8 Å². The van der Waals surface area contributed by atoms with E-state index in [1.54, 1.807) is 0 Å². The molecule has 0 aliphatic carbocycles. The Labute approximate surface area is 98.6 Å². The van der Waals surface area contributed by atoms with E-state index in [0.29, 0.717) is 0 Å². The maximum atomic E-state index is 5.63. The van der Waals surface area contributed by atoms with Crippen molar-refractivity contribution in [1.29, 1.82) is 0 Å². The van der Waals surface area contributed by atoms with Crippen molar-refractivity contribution < 1.29 is 0 Å². The second kappa shape index (κ2) is 7.12. The normalized spacial score (nSPS) is 10.7. The minimum absolute atomic E-state index is 0.812. The molecule has 3 N–H and O–H groups in total. The van der Waals surface area contributed by atoms with E-state index in [1.807, 2.05) is 24.3 Å². The van der Waals surface area contributed by atoms with Crippen LogP contribution in [0, 0.1) is 0 Å². The van der Waals surface area contributed by atoms with E-state index in [1.165, 1.54) is 13.0 Å². The molecule has 0 aliphatic rings. The summed E-state index contributed by atoms with van der Waals surface area (Å²) in [5, 5.41) is 3.40. The number of nitrogens with zero attached hydrogens (tertiary/aromatic N) is 1. The van der Waals surface area contributed by atoms with Crippen molar-refractivity contribution in [2.45, 2.75) is 20.3 Å². The Balaban J connectivity index is 2.26. The van der Waals surface area contributed by atoms with Crippen molar-refractivity contribution in [2.75, 3.05) is 37.2 Å². The standard InChI is InChI=1S/C13H23N3/c1-3-10-16(4-2)11-9-15-13-7-5-12(14)6-8-13/h5-8,15H,3-4,9-11,14H2,1-2H3. The molecule has 0 atom stereocenters. The first-order chi connectivity index (χ1) is 7.76. The van der Waals surface area contributed by atoms with Crippen molar-refractivity contribution in [2.24, 2.45) is 0 Å². The molecular formula is C13H23N3. The van der Waals surface area contributed by atoms with E-state index in [9.17, 15) is 0 Å². The Kier molecular flexibility index (Phi) is 5.72. The molecule has 0 spiro atoms. The summed E-state index contributed by atoms with van der Waals surface area (Å²) < 4.78 is 0.